The average Bonchev–Trinajstić information content (AvgIpc) is 3.28. The zero-order chi connectivity index (χ0) is 18.1. The molecule has 10 heteroatoms. The Hall–Kier alpha value is 0.520. The van der Waals surface area contributed by atoms with E-state index >= 15 is 0 Å². The van der Waals surface area contributed by atoms with Crippen LogP contribution in [0.25, 0.3) is 0 Å². The lowest BCUT2D eigenvalue weighted by Gasteiger charge is -2.08. The minimum absolute atomic E-state index is 0.719. The summed E-state index contributed by atoms with van der Waals surface area (Å²) in [5, 5.41) is 17.1. The topological polar surface area (TPSA) is 51.6 Å². The molecule has 2 heterocycles. The van der Waals surface area contributed by atoms with E-state index < -0.39 is 0 Å². The van der Waals surface area contributed by atoms with Gasteiger partial charge in [-0.05, 0) is 33.4 Å². The third kappa shape index (κ3) is 7.96. The molecule has 2 rings (SSSR count). The van der Waals surface area contributed by atoms with Gasteiger partial charge in [-0.3, -0.25) is 0 Å². The average molecular weight is 453 g/mol. The molecule has 0 radical (unpaired) electrons. The van der Waals surface area contributed by atoms with Crippen LogP contribution in [-0.4, -0.2) is 31.9 Å². The van der Waals surface area contributed by atoms with Crippen LogP contribution in [-0.2, 0) is 0 Å². The summed E-state index contributed by atoms with van der Waals surface area (Å²) < 4.78 is 4.10. The van der Waals surface area contributed by atoms with E-state index in [1.807, 2.05) is 11.8 Å². The third-order valence-corrected chi connectivity index (χ3v) is 11.4. The molecule has 0 bridgehead atoms. The molecule has 0 fully saturated rings. The lowest BCUT2D eigenvalue weighted by atomic mass is 10.1. The van der Waals surface area contributed by atoms with E-state index in [2.05, 4.69) is 48.1 Å². The van der Waals surface area contributed by atoms with Gasteiger partial charge >= 0.3 is 0 Å². The van der Waals surface area contributed by atoms with Crippen LogP contribution in [0.3, 0.4) is 0 Å². The molecule has 0 aromatic carbocycles. The van der Waals surface area contributed by atoms with Crippen molar-refractivity contribution in [1.29, 1.82) is 0 Å². The molecule has 25 heavy (non-hydrogen) atoms. The lowest BCUT2D eigenvalue weighted by Crippen LogP contribution is -1.99. The van der Waals surface area contributed by atoms with E-state index in [-0.39, 0.29) is 0 Å². The molecule has 140 valence electrons. The van der Waals surface area contributed by atoms with Gasteiger partial charge in [0.2, 0.25) is 0 Å². The van der Waals surface area contributed by atoms with E-state index in [1.165, 1.54) is 19.3 Å². The highest BCUT2D eigenvalue weighted by Crippen LogP contribution is 2.42. The van der Waals surface area contributed by atoms with Crippen LogP contribution < -0.4 is 0 Å². The summed E-state index contributed by atoms with van der Waals surface area (Å²) in [5.74, 6) is 3.73. The molecule has 1 atom stereocenters. The number of aromatic nitrogens is 4. The molecular formula is C15H24N4S6. The summed E-state index contributed by atoms with van der Waals surface area (Å²) in [4.78, 5) is 0. The van der Waals surface area contributed by atoms with E-state index in [9.17, 15) is 0 Å². The molecule has 0 saturated heterocycles. The maximum Gasteiger partial charge on any atom is 0.186 e. The van der Waals surface area contributed by atoms with Crippen LogP contribution in [0.2, 0.25) is 0 Å². The number of nitrogens with zero attached hydrogens (tertiary/aromatic N) is 4. The Labute approximate surface area is 174 Å². The summed E-state index contributed by atoms with van der Waals surface area (Å²) in [6.07, 6.45) is 3.67. The highest BCUT2D eigenvalue weighted by atomic mass is 33.1. The van der Waals surface area contributed by atoms with Crippen molar-refractivity contribution in [2.75, 3.05) is 11.5 Å². The van der Waals surface area contributed by atoms with E-state index in [4.69, 9.17) is 0 Å². The maximum atomic E-state index is 4.29. The second-order valence-corrected chi connectivity index (χ2v) is 12.8. The zero-order valence-corrected chi connectivity index (χ0v) is 19.8. The van der Waals surface area contributed by atoms with Crippen molar-refractivity contribution >= 4 is 67.8 Å². The quantitative estimate of drug-likeness (QED) is 0.256. The van der Waals surface area contributed by atoms with Crippen LogP contribution in [0.15, 0.2) is 17.4 Å². The molecule has 0 aliphatic carbocycles. The number of thioether (sulfide) groups is 2. The highest BCUT2D eigenvalue weighted by molar-refractivity contribution is 8.77. The standard InChI is InChI=1S/C15H24N4S6/c1-5-10(4)8-20-12-16-18-14(22-12)24-25-15-19-17-13(23-15)21-9-11(6-2)7-3/h10-11H,5-9H2,1-4H3. The molecule has 0 amide bonds. The predicted molar refractivity (Wildman–Crippen MR) is 117 cm³/mol. The van der Waals surface area contributed by atoms with Gasteiger partial charge in [0, 0.05) is 11.5 Å². The highest BCUT2D eigenvalue weighted by Gasteiger charge is 2.12. The fourth-order valence-corrected chi connectivity index (χ4v) is 8.59. The van der Waals surface area contributed by atoms with Crippen LogP contribution >= 0.6 is 67.8 Å². The zero-order valence-electron chi connectivity index (χ0n) is 14.9. The first kappa shape index (κ1) is 21.8. The van der Waals surface area contributed by atoms with Gasteiger partial charge < -0.3 is 0 Å². The first-order valence-electron chi connectivity index (χ1n) is 8.41. The van der Waals surface area contributed by atoms with E-state index in [0.29, 0.717) is 0 Å². The largest absolute Gasteiger partial charge is 0.186 e. The van der Waals surface area contributed by atoms with Crippen LogP contribution in [0, 0.1) is 11.8 Å². The molecule has 4 nitrogen and oxygen atoms in total. The van der Waals surface area contributed by atoms with Crippen molar-refractivity contribution in [3.05, 3.63) is 0 Å². The molecule has 1 unspecified atom stereocenters. The van der Waals surface area contributed by atoms with Gasteiger partial charge in [0.05, 0.1) is 0 Å². The van der Waals surface area contributed by atoms with Gasteiger partial charge in [-0.25, -0.2) is 0 Å². The Balaban J connectivity index is 1.75. The minimum atomic E-state index is 0.719. The van der Waals surface area contributed by atoms with Crippen molar-refractivity contribution in [3.63, 3.8) is 0 Å². The summed E-state index contributed by atoms with van der Waals surface area (Å²) in [7, 11) is 3.26. The van der Waals surface area contributed by atoms with Gasteiger partial charge in [0.15, 0.2) is 17.4 Å². The van der Waals surface area contributed by atoms with Gasteiger partial charge in [-0.15, -0.1) is 20.4 Å². The van der Waals surface area contributed by atoms with Crippen molar-refractivity contribution < 1.29 is 0 Å². The smallest absolute Gasteiger partial charge is 0.131 e. The fraction of sp³-hybridized carbons (Fsp3) is 0.733. The van der Waals surface area contributed by atoms with Gasteiger partial charge in [-0.1, -0.05) is 93.2 Å². The molecule has 0 saturated carbocycles. The Kier molecular flexibility index (Phi) is 10.5. The van der Waals surface area contributed by atoms with Crippen LogP contribution in [0.5, 0.6) is 0 Å². The molecular weight excluding hydrogens is 429 g/mol. The van der Waals surface area contributed by atoms with Gasteiger partial charge in [0.25, 0.3) is 0 Å². The van der Waals surface area contributed by atoms with E-state index in [0.717, 1.165) is 40.7 Å². The van der Waals surface area contributed by atoms with E-state index in [1.54, 1.807) is 56.0 Å². The fourth-order valence-electron chi connectivity index (χ4n) is 1.69. The van der Waals surface area contributed by atoms with Crippen LogP contribution in [0.4, 0.5) is 0 Å². The SMILES string of the molecule is CCC(C)CSc1nnc(SSc2nnc(SCC(CC)CC)s2)s1. The Bertz CT molecular complexity index is 613. The van der Waals surface area contributed by atoms with Gasteiger partial charge in [-0.2, -0.15) is 0 Å². The Morgan fingerprint density at radius 1 is 0.720 bits per heavy atom. The molecule has 2 aromatic rings. The Morgan fingerprint density at radius 3 is 1.68 bits per heavy atom. The summed E-state index contributed by atoms with van der Waals surface area (Å²) in [6.45, 7) is 9.00. The minimum Gasteiger partial charge on any atom is -0.131 e. The molecule has 2 aromatic heterocycles. The van der Waals surface area contributed by atoms with Crippen molar-refractivity contribution in [1.82, 2.24) is 20.4 Å². The second-order valence-electron chi connectivity index (χ2n) is 5.65. The first-order valence-corrected chi connectivity index (χ1v) is 14.2. The summed E-state index contributed by atoms with van der Waals surface area (Å²) >= 11 is 6.97. The first-order chi connectivity index (χ1) is 12.1. The van der Waals surface area contributed by atoms with Crippen LogP contribution in [0.1, 0.15) is 47.0 Å². The normalized spacial score (nSPS) is 12.8. The molecule has 0 spiro atoms. The molecule has 0 aliphatic rings. The van der Waals surface area contributed by atoms with Crippen molar-refractivity contribution in [3.8, 4) is 0 Å². The third-order valence-electron chi connectivity index (χ3n) is 3.75. The summed E-state index contributed by atoms with van der Waals surface area (Å²) in [6, 6.07) is 0. The predicted octanol–water partition coefficient (Wildman–Crippen LogP) is 6.86. The number of hydrogen-bond acceptors (Lipinski definition) is 10. The maximum absolute atomic E-state index is 4.29. The molecule has 0 N–H and O–H groups in total. The Morgan fingerprint density at radius 2 is 1.20 bits per heavy atom. The van der Waals surface area contributed by atoms with Crippen molar-refractivity contribution in [2.45, 2.75) is 64.3 Å². The second kappa shape index (κ2) is 12.1. The number of rotatable bonds is 12. The summed E-state index contributed by atoms with van der Waals surface area (Å²) in [5.41, 5.74) is 0. The van der Waals surface area contributed by atoms with Crippen molar-refractivity contribution in [2.24, 2.45) is 11.8 Å². The van der Waals surface area contributed by atoms with Gasteiger partial charge in [0.1, 0.15) is 0 Å². The molecule has 0 aliphatic heterocycles. The lowest BCUT2D eigenvalue weighted by molar-refractivity contribution is 0.553. The monoisotopic (exact) mass is 452 g/mol. The number of hydrogen-bond donors (Lipinski definition) is 0.